The molecule has 0 saturated carbocycles. The highest BCUT2D eigenvalue weighted by Gasteiger charge is 2.12. The molecule has 3 aromatic rings. The minimum absolute atomic E-state index is 0.205. The lowest BCUT2D eigenvalue weighted by Gasteiger charge is -2.28. The first-order valence-electron chi connectivity index (χ1n) is 10.2. The van der Waals surface area contributed by atoms with Gasteiger partial charge >= 0.3 is 0 Å². The largest absolute Gasteiger partial charge is 0.405 e. The molecular formula is C24H25N5O. The molecule has 1 aromatic heterocycles. The Morgan fingerprint density at radius 3 is 2.33 bits per heavy atom. The van der Waals surface area contributed by atoms with Crippen LogP contribution in [0.25, 0.3) is 5.69 Å². The fraction of sp³-hybridized carbons (Fsp3) is 0.208. The van der Waals surface area contributed by atoms with Crippen LogP contribution in [0.5, 0.6) is 0 Å². The van der Waals surface area contributed by atoms with Gasteiger partial charge in [0.1, 0.15) is 0 Å². The number of hydrogen-bond acceptors (Lipinski definition) is 5. The zero-order chi connectivity index (χ0) is 20.8. The van der Waals surface area contributed by atoms with Crippen LogP contribution in [0.3, 0.4) is 0 Å². The summed E-state index contributed by atoms with van der Waals surface area (Å²) in [5.41, 5.74) is 8.91. The Labute approximate surface area is 176 Å². The monoisotopic (exact) mass is 399 g/mol. The van der Waals surface area contributed by atoms with Gasteiger partial charge in [-0.25, -0.2) is 9.67 Å². The summed E-state index contributed by atoms with van der Waals surface area (Å²) in [5, 5.41) is 4.55. The van der Waals surface area contributed by atoms with Gasteiger partial charge < -0.3 is 10.6 Å². The highest BCUT2D eigenvalue weighted by atomic mass is 16.1. The summed E-state index contributed by atoms with van der Waals surface area (Å²) >= 11 is 0. The lowest BCUT2D eigenvalue weighted by Crippen LogP contribution is -2.29. The van der Waals surface area contributed by atoms with Gasteiger partial charge in [0.15, 0.2) is 5.69 Å². The second kappa shape index (κ2) is 9.22. The number of nitrogens with two attached hydrogens (primary N) is 1. The molecule has 30 heavy (non-hydrogen) atoms. The molecule has 4 rings (SSSR count). The average molecular weight is 399 g/mol. The Hall–Kier alpha value is -3.67. The van der Waals surface area contributed by atoms with Crippen LogP contribution < -0.4 is 16.1 Å². The van der Waals surface area contributed by atoms with Crippen LogP contribution in [0.1, 0.15) is 25.0 Å². The molecule has 152 valence electrons. The molecule has 0 spiro atoms. The molecule has 2 aromatic carbocycles. The highest BCUT2D eigenvalue weighted by molar-refractivity contribution is 6.08. The molecule has 0 unspecified atom stereocenters. The number of nitrogens with zero attached hydrogens (tertiary/aromatic N) is 4. The zero-order valence-corrected chi connectivity index (χ0v) is 16.8. The Morgan fingerprint density at radius 1 is 0.933 bits per heavy atom. The molecule has 1 fully saturated rings. The molecule has 2 N–H and O–H groups in total. The minimum atomic E-state index is -0.205. The topological polar surface area (TPSA) is 76.5 Å². The number of hydrogen-bond donors (Lipinski definition) is 1. The van der Waals surface area contributed by atoms with Gasteiger partial charge in [0.05, 0.1) is 17.1 Å². The molecule has 0 amide bonds. The van der Waals surface area contributed by atoms with Crippen molar-refractivity contribution in [3.8, 4) is 5.69 Å². The van der Waals surface area contributed by atoms with Gasteiger partial charge in [-0.2, -0.15) is 5.10 Å². The van der Waals surface area contributed by atoms with E-state index in [4.69, 9.17) is 5.73 Å². The normalized spacial score (nSPS) is 14.9. The van der Waals surface area contributed by atoms with E-state index < -0.39 is 0 Å². The maximum atomic E-state index is 12.5. The molecular weight excluding hydrogens is 374 g/mol. The third-order valence-electron chi connectivity index (χ3n) is 5.15. The number of allylic oxidation sites excluding steroid dienone is 1. The number of anilines is 1. The highest BCUT2D eigenvalue weighted by Crippen LogP contribution is 2.21. The van der Waals surface area contributed by atoms with Crippen LogP contribution >= 0.6 is 0 Å². The van der Waals surface area contributed by atoms with E-state index in [1.165, 1.54) is 37.2 Å². The standard InChI is InChI=1S/C24H25N5O/c25-15-13-22(26-19-7-3-1-4-8-19)24-23(30)14-18-29(27-24)21-11-9-20(10-12-21)28-16-5-2-6-17-28/h1,3-4,7-15,18H,2,5-6,16-17,25H2. The van der Waals surface area contributed by atoms with Crippen LogP contribution in [-0.4, -0.2) is 28.6 Å². The van der Waals surface area contributed by atoms with Crippen LogP contribution in [0.2, 0.25) is 0 Å². The van der Waals surface area contributed by atoms with E-state index in [0.29, 0.717) is 5.71 Å². The van der Waals surface area contributed by atoms with Crippen molar-refractivity contribution in [2.45, 2.75) is 19.3 Å². The van der Waals surface area contributed by atoms with Gasteiger partial charge in [-0.15, -0.1) is 0 Å². The van der Waals surface area contributed by atoms with Gasteiger partial charge in [-0.05, 0) is 67.9 Å². The fourth-order valence-corrected chi connectivity index (χ4v) is 3.60. The molecule has 1 aliphatic heterocycles. The second-order valence-electron chi connectivity index (χ2n) is 7.23. The maximum Gasteiger partial charge on any atom is 0.209 e. The molecule has 6 heteroatoms. The van der Waals surface area contributed by atoms with Crippen molar-refractivity contribution in [2.75, 3.05) is 18.0 Å². The lowest BCUT2D eigenvalue weighted by atomic mass is 10.1. The maximum absolute atomic E-state index is 12.5. The summed E-state index contributed by atoms with van der Waals surface area (Å²) in [6.45, 7) is 2.20. The third kappa shape index (κ3) is 4.49. The quantitative estimate of drug-likeness (QED) is 0.662. The summed E-state index contributed by atoms with van der Waals surface area (Å²) in [6.07, 6.45) is 8.43. The molecule has 1 saturated heterocycles. The van der Waals surface area contributed by atoms with E-state index in [1.807, 2.05) is 42.5 Å². The van der Waals surface area contributed by atoms with Crippen molar-refractivity contribution in [1.29, 1.82) is 0 Å². The summed E-state index contributed by atoms with van der Waals surface area (Å²) in [4.78, 5) is 19.5. The zero-order valence-electron chi connectivity index (χ0n) is 16.8. The van der Waals surface area contributed by atoms with Gasteiger partial charge in [-0.1, -0.05) is 18.2 Å². The number of piperidine rings is 1. The van der Waals surface area contributed by atoms with Crippen LogP contribution in [-0.2, 0) is 0 Å². The Morgan fingerprint density at radius 2 is 1.63 bits per heavy atom. The predicted molar refractivity (Wildman–Crippen MR) is 122 cm³/mol. The summed E-state index contributed by atoms with van der Waals surface area (Å²) in [6, 6.07) is 19.2. The lowest BCUT2D eigenvalue weighted by molar-refractivity contribution is 0.578. The van der Waals surface area contributed by atoms with Gasteiger partial charge in [0.2, 0.25) is 5.43 Å². The predicted octanol–water partition coefficient (Wildman–Crippen LogP) is 3.82. The number of aromatic nitrogens is 2. The molecule has 2 heterocycles. The number of benzene rings is 2. The SMILES string of the molecule is NC=CC(=Nc1ccccc1)c1nn(-c2ccc(N3CCCCC3)cc2)ccc1=O. The van der Waals surface area contributed by atoms with Crippen molar-refractivity contribution in [3.05, 3.63) is 95.1 Å². The first kappa shape index (κ1) is 19.6. The molecule has 0 atom stereocenters. The Kier molecular flexibility index (Phi) is 6.03. The van der Waals surface area contributed by atoms with Crippen molar-refractivity contribution >= 4 is 17.1 Å². The Balaban J connectivity index is 1.67. The van der Waals surface area contributed by atoms with Gasteiger partial charge in [0.25, 0.3) is 0 Å². The fourth-order valence-electron chi connectivity index (χ4n) is 3.60. The number of aliphatic imine (C=N–C) groups is 1. The third-order valence-corrected chi connectivity index (χ3v) is 5.15. The van der Waals surface area contributed by atoms with Gasteiger partial charge in [0, 0.05) is 31.0 Å². The van der Waals surface area contributed by atoms with Crippen LogP contribution in [0.4, 0.5) is 11.4 Å². The van der Waals surface area contributed by atoms with E-state index in [2.05, 4.69) is 27.1 Å². The average Bonchev–Trinajstić information content (AvgIpc) is 2.81. The van der Waals surface area contributed by atoms with Crippen molar-refractivity contribution < 1.29 is 0 Å². The van der Waals surface area contributed by atoms with E-state index in [1.54, 1.807) is 17.0 Å². The van der Waals surface area contributed by atoms with E-state index >= 15 is 0 Å². The molecule has 0 radical (unpaired) electrons. The van der Waals surface area contributed by atoms with Crippen LogP contribution in [0.15, 0.2) is 88.9 Å². The van der Waals surface area contributed by atoms with Crippen molar-refractivity contribution in [1.82, 2.24) is 9.78 Å². The smallest absolute Gasteiger partial charge is 0.209 e. The van der Waals surface area contributed by atoms with Crippen LogP contribution in [0, 0.1) is 0 Å². The van der Waals surface area contributed by atoms with Gasteiger partial charge in [-0.3, -0.25) is 4.79 Å². The summed E-state index contributed by atoms with van der Waals surface area (Å²) in [7, 11) is 0. The minimum Gasteiger partial charge on any atom is -0.405 e. The molecule has 1 aliphatic rings. The number of para-hydroxylation sites is 1. The molecule has 6 nitrogen and oxygen atoms in total. The molecule has 0 bridgehead atoms. The summed E-state index contributed by atoms with van der Waals surface area (Å²) in [5.74, 6) is 0. The first-order valence-corrected chi connectivity index (χ1v) is 10.2. The van der Waals surface area contributed by atoms with E-state index in [9.17, 15) is 4.79 Å². The van der Waals surface area contributed by atoms with Crippen molar-refractivity contribution in [3.63, 3.8) is 0 Å². The number of rotatable bonds is 5. The van der Waals surface area contributed by atoms with E-state index in [-0.39, 0.29) is 11.1 Å². The molecule has 0 aliphatic carbocycles. The second-order valence-corrected chi connectivity index (χ2v) is 7.23. The Bertz CT molecular complexity index is 1090. The van der Waals surface area contributed by atoms with Crippen molar-refractivity contribution in [2.24, 2.45) is 10.7 Å². The van der Waals surface area contributed by atoms with E-state index in [0.717, 1.165) is 24.5 Å². The summed E-state index contributed by atoms with van der Waals surface area (Å²) < 4.78 is 1.70. The first-order chi connectivity index (χ1) is 14.7.